The van der Waals surface area contributed by atoms with Crippen LogP contribution < -0.4 is 5.32 Å². The number of unbranched alkanes of at least 4 members (excludes halogenated alkanes) is 3. The van der Waals surface area contributed by atoms with Crippen LogP contribution in [0.25, 0.3) is 0 Å². The zero-order valence-corrected chi connectivity index (χ0v) is 19.7. The molecule has 0 bridgehead atoms. The van der Waals surface area contributed by atoms with E-state index in [2.05, 4.69) is 17.0 Å². The maximum Gasteiger partial charge on any atom is 0.306 e. The van der Waals surface area contributed by atoms with Gasteiger partial charge in [0.15, 0.2) is 5.54 Å². The van der Waals surface area contributed by atoms with Crippen molar-refractivity contribution < 1.29 is 29.3 Å². The van der Waals surface area contributed by atoms with Crippen LogP contribution in [0.3, 0.4) is 0 Å². The van der Waals surface area contributed by atoms with Crippen molar-refractivity contribution in [3.8, 4) is 0 Å². The number of hydrogen-bond donors (Lipinski definition) is 3. The molecule has 2 aliphatic rings. The smallest absolute Gasteiger partial charge is 0.306 e. The van der Waals surface area contributed by atoms with Crippen LogP contribution in [0.1, 0.15) is 71.6 Å². The number of esters is 1. The van der Waals surface area contributed by atoms with Crippen LogP contribution in [0.4, 0.5) is 0 Å². The molecule has 1 aliphatic heterocycles. The topological polar surface area (TPSA) is 113 Å². The Bertz CT molecular complexity index is 679. The van der Waals surface area contributed by atoms with Gasteiger partial charge in [0.25, 0.3) is 0 Å². The molecule has 2 rings (SSSR count). The normalized spacial score (nSPS) is 31.3. The first-order valence-corrected chi connectivity index (χ1v) is 12.3. The van der Waals surface area contributed by atoms with Crippen molar-refractivity contribution >= 4 is 28.8 Å². The van der Waals surface area contributed by atoms with Gasteiger partial charge in [-0.15, -0.1) is 0 Å². The summed E-state index contributed by atoms with van der Waals surface area (Å²) in [5.74, 6) is -1.82. The van der Waals surface area contributed by atoms with Crippen LogP contribution >= 0.6 is 11.8 Å². The number of nitrogens with one attached hydrogen (secondary N) is 1. The number of methoxy groups -OCH3 is 1. The molecule has 0 saturated carbocycles. The highest BCUT2D eigenvalue weighted by molar-refractivity contribution is 8.13. The molecule has 176 valence electrons. The Balaban J connectivity index is 2.31. The molecule has 1 saturated heterocycles. The lowest BCUT2D eigenvalue weighted by atomic mass is 9.68. The van der Waals surface area contributed by atoms with E-state index in [1.165, 1.54) is 14.0 Å². The van der Waals surface area contributed by atoms with Gasteiger partial charge < -0.3 is 20.3 Å². The summed E-state index contributed by atoms with van der Waals surface area (Å²) in [6.45, 7) is 3.59. The number of aliphatic hydroxyl groups excluding tert-OH is 1. The summed E-state index contributed by atoms with van der Waals surface area (Å²) >= 11 is 0.848. The summed E-state index contributed by atoms with van der Waals surface area (Å²) in [6, 6.07) is 0. The largest absolute Gasteiger partial charge is 0.469 e. The highest BCUT2D eigenvalue weighted by Crippen LogP contribution is 2.46. The first-order valence-electron chi connectivity index (χ1n) is 11.4. The number of carbonyl (C=O) groups excluding carboxylic acids is 3. The van der Waals surface area contributed by atoms with Crippen molar-refractivity contribution in [2.75, 3.05) is 12.9 Å². The molecule has 0 spiro atoms. The van der Waals surface area contributed by atoms with Gasteiger partial charge in [-0.2, -0.15) is 0 Å². The number of thioether (sulfide) groups is 1. The lowest BCUT2D eigenvalue weighted by molar-refractivity contribution is -0.142. The van der Waals surface area contributed by atoms with Crippen LogP contribution in [0.5, 0.6) is 0 Å². The Morgan fingerprint density at radius 1 is 1.35 bits per heavy atom. The van der Waals surface area contributed by atoms with Crippen molar-refractivity contribution in [1.82, 2.24) is 5.32 Å². The molecule has 5 atom stereocenters. The predicted molar refractivity (Wildman–Crippen MR) is 120 cm³/mol. The molecule has 0 aromatic carbocycles. The summed E-state index contributed by atoms with van der Waals surface area (Å²) in [5, 5.41) is 25.2. The number of amides is 1. The summed E-state index contributed by atoms with van der Waals surface area (Å²) < 4.78 is 4.62. The van der Waals surface area contributed by atoms with Gasteiger partial charge in [-0.25, -0.2) is 0 Å². The van der Waals surface area contributed by atoms with Gasteiger partial charge in [-0.1, -0.05) is 56.5 Å². The summed E-state index contributed by atoms with van der Waals surface area (Å²) in [7, 11) is 1.28. The fraction of sp³-hybridized carbons (Fsp3) is 0.783. The van der Waals surface area contributed by atoms with Gasteiger partial charge in [0.1, 0.15) is 5.60 Å². The monoisotopic (exact) mass is 455 g/mol. The molecule has 31 heavy (non-hydrogen) atoms. The third-order valence-corrected chi connectivity index (χ3v) is 7.68. The fourth-order valence-corrected chi connectivity index (χ4v) is 5.80. The fourth-order valence-electron chi connectivity index (χ4n) is 4.74. The Morgan fingerprint density at radius 3 is 2.71 bits per heavy atom. The lowest BCUT2D eigenvalue weighted by Crippen LogP contribution is -2.69. The summed E-state index contributed by atoms with van der Waals surface area (Å²) in [4.78, 5) is 37.9. The predicted octanol–water partition coefficient (Wildman–Crippen LogP) is 2.73. The highest BCUT2D eigenvalue weighted by Gasteiger charge is 2.68. The minimum absolute atomic E-state index is 0.0267. The molecule has 7 nitrogen and oxygen atoms in total. The first-order chi connectivity index (χ1) is 14.7. The molecule has 1 heterocycles. The average Bonchev–Trinajstić information content (AvgIpc) is 2.96. The molecular weight excluding hydrogens is 418 g/mol. The van der Waals surface area contributed by atoms with E-state index < -0.39 is 40.2 Å². The van der Waals surface area contributed by atoms with Crippen molar-refractivity contribution in [3.05, 3.63) is 12.2 Å². The van der Waals surface area contributed by atoms with E-state index in [1.54, 1.807) is 0 Å². The van der Waals surface area contributed by atoms with E-state index in [-0.39, 0.29) is 18.1 Å². The molecular formula is C23H37NO6S. The van der Waals surface area contributed by atoms with Gasteiger partial charge in [0, 0.05) is 11.7 Å². The van der Waals surface area contributed by atoms with E-state index in [0.717, 1.165) is 50.3 Å². The van der Waals surface area contributed by atoms with Gasteiger partial charge in [-0.3, -0.25) is 14.4 Å². The number of hydrogen-bond acceptors (Lipinski definition) is 7. The van der Waals surface area contributed by atoms with E-state index in [0.29, 0.717) is 12.8 Å². The molecule has 0 radical (unpaired) electrons. The van der Waals surface area contributed by atoms with E-state index >= 15 is 0 Å². The van der Waals surface area contributed by atoms with Crippen molar-refractivity contribution in [2.24, 2.45) is 11.8 Å². The number of aliphatic hydroxyl groups is 2. The second-order valence-electron chi connectivity index (χ2n) is 8.78. The van der Waals surface area contributed by atoms with Gasteiger partial charge in [-0.05, 0) is 32.6 Å². The number of rotatable bonds is 11. The van der Waals surface area contributed by atoms with Crippen LogP contribution in [-0.4, -0.2) is 57.3 Å². The quantitative estimate of drug-likeness (QED) is 0.249. The minimum atomic E-state index is -1.83. The number of ether oxygens (including phenoxy) is 1. The molecule has 1 amide bonds. The van der Waals surface area contributed by atoms with Crippen LogP contribution in [-0.2, 0) is 19.1 Å². The number of allylic oxidation sites excluding steroid dienone is 1. The first kappa shape index (κ1) is 25.9. The minimum Gasteiger partial charge on any atom is -0.469 e. The van der Waals surface area contributed by atoms with E-state index in [9.17, 15) is 24.6 Å². The number of carbonyl (C=O) groups is 3. The van der Waals surface area contributed by atoms with Gasteiger partial charge >= 0.3 is 5.97 Å². The van der Waals surface area contributed by atoms with E-state index in [1.807, 2.05) is 12.2 Å². The zero-order valence-electron chi connectivity index (χ0n) is 18.9. The van der Waals surface area contributed by atoms with Gasteiger partial charge in [0.2, 0.25) is 11.0 Å². The Labute approximate surface area is 189 Å². The molecule has 0 aromatic heterocycles. The van der Waals surface area contributed by atoms with Crippen LogP contribution in [0.2, 0.25) is 0 Å². The molecule has 8 heteroatoms. The Morgan fingerprint density at radius 2 is 2.10 bits per heavy atom. The maximum absolute atomic E-state index is 13.5. The van der Waals surface area contributed by atoms with E-state index in [4.69, 9.17) is 0 Å². The summed E-state index contributed by atoms with van der Waals surface area (Å²) in [5.41, 5.74) is -3.58. The standard InChI is InChI=1S/C23H37NO6S/c1-4-5-6-10-13-17-20(27)24-23(22(17,2)29,19(26)16-11-8-7-9-12-16)21(28)31-15-14-18(25)30-3/h8,11,16-17,19,26,29H,4-7,9-10,12-15H2,1-3H3,(H,24,27)/t16-,17+,19+,22+,23+/m1/s1. The molecule has 0 unspecified atom stereocenters. The Hall–Kier alpha value is -1.38. The summed E-state index contributed by atoms with van der Waals surface area (Å²) in [6.07, 6.45) is 9.31. The SMILES string of the molecule is CCCCCC[C@H]1C(=O)N[C@](C(=O)SCCC(=O)OC)([C@@H](O)[C@@H]2C=CCCC2)[C@@]1(C)O. The van der Waals surface area contributed by atoms with Gasteiger partial charge in [0.05, 0.1) is 25.6 Å². The molecule has 3 N–H and O–H groups in total. The third kappa shape index (κ3) is 5.52. The zero-order chi connectivity index (χ0) is 23.1. The lowest BCUT2D eigenvalue weighted by Gasteiger charge is -2.45. The second-order valence-corrected chi connectivity index (χ2v) is 9.84. The van der Waals surface area contributed by atoms with Crippen LogP contribution in [0, 0.1) is 11.8 Å². The van der Waals surface area contributed by atoms with Crippen molar-refractivity contribution in [1.29, 1.82) is 0 Å². The second kappa shape index (κ2) is 11.5. The third-order valence-electron chi connectivity index (χ3n) is 6.69. The Kier molecular flexibility index (Phi) is 9.58. The molecule has 1 aliphatic carbocycles. The maximum atomic E-state index is 13.5. The highest BCUT2D eigenvalue weighted by atomic mass is 32.2. The van der Waals surface area contributed by atoms with Crippen molar-refractivity contribution in [2.45, 2.75) is 88.9 Å². The molecule has 1 fully saturated rings. The molecule has 0 aromatic rings. The average molecular weight is 456 g/mol. The van der Waals surface area contributed by atoms with Crippen molar-refractivity contribution in [3.63, 3.8) is 0 Å². The van der Waals surface area contributed by atoms with Crippen LogP contribution in [0.15, 0.2) is 12.2 Å².